The van der Waals surface area contributed by atoms with Crippen LogP contribution in [0.4, 0.5) is 0 Å². The molecule has 0 fully saturated rings. The highest BCUT2D eigenvalue weighted by Gasteiger charge is 2.07. The fourth-order valence-electron chi connectivity index (χ4n) is 0.999. The third kappa shape index (κ3) is 4.83. The molecule has 0 saturated carbocycles. The second-order valence-electron chi connectivity index (χ2n) is 2.78. The minimum Gasteiger partial charge on any atom is -0.350 e. The van der Waals surface area contributed by atoms with Crippen LogP contribution in [0.3, 0.4) is 0 Å². The van der Waals surface area contributed by atoms with Crippen LogP contribution >= 0.6 is 12.2 Å². The van der Waals surface area contributed by atoms with Crippen molar-refractivity contribution in [3.8, 4) is 0 Å². The first-order chi connectivity index (χ1) is 6.15. The summed E-state index contributed by atoms with van der Waals surface area (Å²) in [7, 11) is 0. The van der Waals surface area contributed by atoms with E-state index in [1.165, 1.54) is 0 Å². The number of carbonyl (C=O) groups excluding carboxylic acids is 1. The Bertz CT molecular complexity index is 178. The number of carbonyl (C=O) groups is 1. The van der Waals surface area contributed by atoms with Gasteiger partial charge in [0.1, 0.15) is 0 Å². The first-order valence-corrected chi connectivity index (χ1v) is 5.15. The summed E-state index contributed by atoms with van der Waals surface area (Å²) < 4.78 is 0. The molecule has 0 saturated heterocycles. The van der Waals surface area contributed by atoms with E-state index in [-0.39, 0.29) is 5.91 Å². The van der Waals surface area contributed by atoms with Crippen LogP contribution in [0.1, 0.15) is 33.6 Å². The van der Waals surface area contributed by atoms with E-state index < -0.39 is 0 Å². The van der Waals surface area contributed by atoms with E-state index in [0.717, 1.165) is 19.5 Å². The maximum atomic E-state index is 11.2. The summed E-state index contributed by atoms with van der Waals surface area (Å²) in [5.74, 6) is 0.0133. The Kier molecular flexibility index (Phi) is 6.49. The van der Waals surface area contributed by atoms with Gasteiger partial charge >= 0.3 is 0 Å². The molecule has 0 aromatic carbocycles. The van der Waals surface area contributed by atoms with Gasteiger partial charge in [0.15, 0.2) is 5.11 Å². The molecule has 0 rings (SSSR count). The lowest BCUT2D eigenvalue weighted by Gasteiger charge is -2.21. The average Bonchev–Trinajstić information content (AvgIpc) is 2.06. The molecule has 0 unspecified atom stereocenters. The van der Waals surface area contributed by atoms with Gasteiger partial charge in [-0.1, -0.05) is 6.92 Å². The molecule has 0 heterocycles. The van der Waals surface area contributed by atoms with E-state index in [2.05, 4.69) is 5.32 Å². The van der Waals surface area contributed by atoms with Crippen molar-refractivity contribution in [2.75, 3.05) is 13.1 Å². The Labute approximate surface area is 85.5 Å². The predicted molar refractivity (Wildman–Crippen MR) is 58.6 cm³/mol. The fourth-order valence-corrected chi connectivity index (χ4v) is 1.37. The van der Waals surface area contributed by atoms with Crippen LogP contribution in [-0.2, 0) is 4.79 Å². The van der Waals surface area contributed by atoms with Crippen LogP contribution in [-0.4, -0.2) is 29.0 Å². The van der Waals surface area contributed by atoms with Crippen LogP contribution < -0.4 is 5.32 Å². The molecule has 0 aromatic heterocycles. The summed E-state index contributed by atoms with van der Waals surface area (Å²) in [6.07, 6.45) is 1.40. The number of thiocarbonyl (C=S) groups is 1. The number of nitrogens with zero attached hydrogens (tertiary/aromatic N) is 1. The van der Waals surface area contributed by atoms with Crippen LogP contribution in [0, 0.1) is 0 Å². The first kappa shape index (κ1) is 12.4. The molecule has 76 valence electrons. The Hall–Kier alpha value is -0.640. The lowest BCUT2D eigenvalue weighted by Crippen LogP contribution is -2.42. The van der Waals surface area contributed by atoms with Gasteiger partial charge in [-0.3, -0.25) is 4.79 Å². The van der Waals surface area contributed by atoms with Gasteiger partial charge in [-0.05, 0) is 32.5 Å². The zero-order valence-electron chi connectivity index (χ0n) is 8.59. The third-order valence-corrected chi connectivity index (χ3v) is 2.13. The summed E-state index contributed by atoms with van der Waals surface area (Å²) in [6, 6.07) is 0. The third-order valence-electron chi connectivity index (χ3n) is 1.77. The molecule has 4 heteroatoms. The van der Waals surface area contributed by atoms with E-state index in [1.807, 2.05) is 25.7 Å². The van der Waals surface area contributed by atoms with Crippen LogP contribution in [0.15, 0.2) is 0 Å². The van der Waals surface area contributed by atoms with Crippen molar-refractivity contribution in [2.24, 2.45) is 0 Å². The standard InChI is InChI=1S/C9H18N2OS/c1-4-7-8(12)10-9(13)11(5-2)6-3/h4-7H2,1-3H3,(H,10,12,13). The summed E-state index contributed by atoms with van der Waals surface area (Å²) >= 11 is 5.06. The molecule has 0 aliphatic carbocycles. The molecule has 0 aliphatic heterocycles. The van der Waals surface area contributed by atoms with E-state index in [9.17, 15) is 4.79 Å². The predicted octanol–water partition coefficient (Wildman–Crippen LogP) is 1.53. The monoisotopic (exact) mass is 202 g/mol. The molecule has 3 nitrogen and oxygen atoms in total. The largest absolute Gasteiger partial charge is 0.350 e. The van der Waals surface area contributed by atoms with Gasteiger partial charge in [0.2, 0.25) is 5.91 Å². The summed E-state index contributed by atoms with van der Waals surface area (Å²) in [5, 5.41) is 3.25. The summed E-state index contributed by atoms with van der Waals surface area (Å²) in [5.41, 5.74) is 0. The van der Waals surface area contributed by atoms with Crippen molar-refractivity contribution in [3.05, 3.63) is 0 Å². The maximum absolute atomic E-state index is 11.2. The quantitative estimate of drug-likeness (QED) is 0.702. The topological polar surface area (TPSA) is 32.3 Å². The molecule has 0 aromatic rings. The zero-order chi connectivity index (χ0) is 10.3. The van der Waals surface area contributed by atoms with Gasteiger partial charge in [-0.25, -0.2) is 0 Å². The van der Waals surface area contributed by atoms with Crippen molar-refractivity contribution in [1.29, 1.82) is 0 Å². The highest BCUT2D eigenvalue weighted by molar-refractivity contribution is 7.80. The zero-order valence-corrected chi connectivity index (χ0v) is 9.41. The fraction of sp³-hybridized carbons (Fsp3) is 0.778. The Morgan fingerprint density at radius 2 is 1.85 bits per heavy atom. The van der Waals surface area contributed by atoms with Crippen LogP contribution in [0.2, 0.25) is 0 Å². The minimum atomic E-state index is 0.0133. The number of hydrogen-bond donors (Lipinski definition) is 1. The second-order valence-corrected chi connectivity index (χ2v) is 3.16. The first-order valence-electron chi connectivity index (χ1n) is 4.74. The van der Waals surface area contributed by atoms with Gasteiger partial charge in [-0.15, -0.1) is 0 Å². The maximum Gasteiger partial charge on any atom is 0.226 e. The Morgan fingerprint density at radius 1 is 1.31 bits per heavy atom. The molecular formula is C9H18N2OS. The van der Waals surface area contributed by atoms with Crippen LogP contribution in [0.5, 0.6) is 0 Å². The van der Waals surface area contributed by atoms with Crippen molar-refractivity contribution in [2.45, 2.75) is 33.6 Å². The van der Waals surface area contributed by atoms with Crippen LogP contribution in [0.25, 0.3) is 0 Å². The number of rotatable bonds is 4. The summed E-state index contributed by atoms with van der Waals surface area (Å²) in [4.78, 5) is 13.1. The highest BCUT2D eigenvalue weighted by atomic mass is 32.1. The van der Waals surface area contributed by atoms with Crippen molar-refractivity contribution in [3.63, 3.8) is 0 Å². The molecule has 0 spiro atoms. The Morgan fingerprint density at radius 3 is 2.23 bits per heavy atom. The molecule has 1 amide bonds. The van der Waals surface area contributed by atoms with E-state index in [4.69, 9.17) is 12.2 Å². The van der Waals surface area contributed by atoms with Gasteiger partial charge in [-0.2, -0.15) is 0 Å². The number of hydrogen-bond acceptors (Lipinski definition) is 2. The van der Waals surface area contributed by atoms with E-state index in [0.29, 0.717) is 11.5 Å². The van der Waals surface area contributed by atoms with Gasteiger partial charge in [0.05, 0.1) is 0 Å². The average molecular weight is 202 g/mol. The molecular weight excluding hydrogens is 184 g/mol. The van der Waals surface area contributed by atoms with Gasteiger partial charge in [0, 0.05) is 19.5 Å². The van der Waals surface area contributed by atoms with E-state index >= 15 is 0 Å². The highest BCUT2D eigenvalue weighted by Crippen LogP contribution is 1.91. The molecule has 1 N–H and O–H groups in total. The van der Waals surface area contributed by atoms with Crippen molar-refractivity contribution in [1.82, 2.24) is 10.2 Å². The smallest absolute Gasteiger partial charge is 0.226 e. The lowest BCUT2D eigenvalue weighted by atomic mass is 10.3. The molecule has 0 aliphatic rings. The van der Waals surface area contributed by atoms with Gasteiger partial charge in [0.25, 0.3) is 0 Å². The van der Waals surface area contributed by atoms with Crippen molar-refractivity contribution >= 4 is 23.2 Å². The number of amides is 1. The van der Waals surface area contributed by atoms with E-state index in [1.54, 1.807) is 0 Å². The second kappa shape index (κ2) is 6.83. The number of nitrogens with one attached hydrogen (secondary N) is 1. The van der Waals surface area contributed by atoms with Gasteiger partial charge < -0.3 is 10.2 Å². The molecule has 0 radical (unpaired) electrons. The molecule has 0 atom stereocenters. The molecule has 0 bridgehead atoms. The minimum absolute atomic E-state index is 0.0133. The normalized spacial score (nSPS) is 9.46. The summed E-state index contributed by atoms with van der Waals surface area (Å²) in [6.45, 7) is 7.67. The SMILES string of the molecule is CCCC(=O)NC(=S)N(CC)CC. The molecule has 13 heavy (non-hydrogen) atoms. The Balaban J connectivity index is 3.90. The van der Waals surface area contributed by atoms with Crippen molar-refractivity contribution < 1.29 is 4.79 Å². The lowest BCUT2D eigenvalue weighted by molar-refractivity contribution is -0.119.